The van der Waals surface area contributed by atoms with Crippen molar-refractivity contribution in [2.45, 2.75) is 84.3 Å². The van der Waals surface area contributed by atoms with E-state index in [1.807, 2.05) is 6.08 Å². The Kier molecular flexibility index (Phi) is 4.15. The maximum atomic E-state index is 12.1. The Morgan fingerprint density at radius 2 is 2.04 bits per heavy atom. The van der Waals surface area contributed by atoms with Gasteiger partial charge in [-0.1, -0.05) is 20.8 Å². The molecule has 4 fully saturated rings. The normalized spacial score (nSPS) is 50.0. The van der Waals surface area contributed by atoms with Crippen molar-refractivity contribution < 1.29 is 19.4 Å². The SMILES string of the molecule is CC(CCC(=O)O)[C@H]1CC[C@H]2[C@@H]3[C@@H]4O[C@@H]4C4=CC(=O)CC[C@]4(C)[C@H]3CC[C@]12C. The van der Waals surface area contributed by atoms with Crippen LogP contribution >= 0.6 is 0 Å². The van der Waals surface area contributed by atoms with E-state index in [-0.39, 0.29) is 17.3 Å². The average molecular weight is 387 g/mol. The van der Waals surface area contributed by atoms with Gasteiger partial charge in [-0.25, -0.2) is 0 Å². The number of hydrogen-bond acceptors (Lipinski definition) is 3. The number of carboxylic acids is 1. The van der Waals surface area contributed by atoms with E-state index in [0.717, 1.165) is 12.8 Å². The number of carboxylic acid groups (broad SMARTS) is 1. The van der Waals surface area contributed by atoms with Crippen LogP contribution in [0, 0.1) is 40.4 Å². The van der Waals surface area contributed by atoms with Crippen LogP contribution in [0.4, 0.5) is 0 Å². The summed E-state index contributed by atoms with van der Waals surface area (Å²) in [4.78, 5) is 23.1. The molecule has 1 N–H and O–H groups in total. The lowest BCUT2D eigenvalue weighted by molar-refractivity contribution is -0.137. The maximum absolute atomic E-state index is 12.1. The molecule has 0 aromatic rings. The highest BCUT2D eigenvalue weighted by Crippen LogP contribution is 2.70. The first-order chi connectivity index (χ1) is 13.3. The molecule has 0 radical (unpaired) electrons. The highest BCUT2D eigenvalue weighted by Gasteiger charge is 2.69. The molecule has 0 amide bonds. The Hall–Kier alpha value is -1.16. The molecule has 1 aliphatic heterocycles. The number of epoxide rings is 1. The first-order valence-corrected chi connectivity index (χ1v) is 11.4. The molecular formula is C24H34O4. The Labute approximate surface area is 168 Å². The molecule has 4 aliphatic carbocycles. The van der Waals surface area contributed by atoms with Crippen molar-refractivity contribution in [3.8, 4) is 0 Å². The summed E-state index contributed by atoms with van der Waals surface area (Å²) in [5, 5.41) is 9.11. The minimum Gasteiger partial charge on any atom is -0.481 e. The van der Waals surface area contributed by atoms with Gasteiger partial charge >= 0.3 is 5.97 Å². The average Bonchev–Trinajstić information content (AvgIpc) is 3.35. The maximum Gasteiger partial charge on any atom is 0.303 e. The molecule has 1 heterocycles. The zero-order valence-corrected chi connectivity index (χ0v) is 17.4. The van der Waals surface area contributed by atoms with Crippen LogP contribution in [-0.2, 0) is 14.3 Å². The van der Waals surface area contributed by atoms with E-state index in [4.69, 9.17) is 9.84 Å². The molecule has 5 aliphatic rings. The highest BCUT2D eigenvalue weighted by molar-refractivity contribution is 5.92. The summed E-state index contributed by atoms with van der Waals surface area (Å²) < 4.78 is 6.26. The minimum atomic E-state index is -0.671. The van der Waals surface area contributed by atoms with Gasteiger partial charge in [-0.05, 0) is 90.6 Å². The summed E-state index contributed by atoms with van der Waals surface area (Å²) in [5.41, 5.74) is 1.77. The molecule has 28 heavy (non-hydrogen) atoms. The van der Waals surface area contributed by atoms with Crippen LogP contribution in [0.1, 0.15) is 72.1 Å². The summed E-state index contributed by atoms with van der Waals surface area (Å²) in [7, 11) is 0. The van der Waals surface area contributed by atoms with E-state index in [2.05, 4.69) is 20.8 Å². The van der Waals surface area contributed by atoms with Gasteiger partial charge in [0.25, 0.3) is 0 Å². The predicted molar refractivity (Wildman–Crippen MR) is 106 cm³/mol. The fraction of sp³-hybridized carbons (Fsp3) is 0.833. The Bertz CT molecular complexity index is 741. The van der Waals surface area contributed by atoms with Crippen molar-refractivity contribution in [3.05, 3.63) is 11.6 Å². The predicted octanol–water partition coefficient (Wildman–Crippen LogP) is 4.62. The molecule has 0 aromatic heterocycles. The van der Waals surface area contributed by atoms with Crippen molar-refractivity contribution in [1.82, 2.24) is 0 Å². The molecule has 0 aromatic carbocycles. The third-order valence-corrected chi connectivity index (χ3v) is 9.80. The van der Waals surface area contributed by atoms with Crippen LogP contribution < -0.4 is 0 Å². The molecule has 5 rings (SSSR count). The van der Waals surface area contributed by atoms with Gasteiger partial charge in [0, 0.05) is 12.8 Å². The number of fused-ring (bicyclic) bond motifs is 8. The fourth-order valence-corrected chi connectivity index (χ4v) is 8.33. The monoisotopic (exact) mass is 386 g/mol. The Morgan fingerprint density at radius 3 is 2.79 bits per heavy atom. The lowest BCUT2D eigenvalue weighted by Gasteiger charge is -2.57. The van der Waals surface area contributed by atoms with Gasteiger partial charge in [-0.15, -0.1) is 0 Å². The van der Waals surface area contributed by atoms with Crippen LogP contribution in [0.15, 0.2) is 11.6 Å². The molecule has 154 valence electrons. The summed E-state index contributed by atoms with van der Waals surface area (Å²) in [6.07, 6.45) is 10.2. The van der Waals surface area contributed by atoms with Crippen molar-refractivity contribution in [2.75, 3.05) is 0 Å². The fourth-order valence-electron chi connectivity index (χ4n) is 8.33. The number of ketones is 1. The van der Waals surface area contributed by atoms with Gasteiger partial charge < -0.3 is 9.84 Å². The topological polar surface area (TPSA) is 66.9 Å². The molecule has 0 bridgehead atoms. The highest BCUT2D eigenvalue weighted by atomic mass is 16.6. The number of hydrogen-bond donors (Lipinski definition) is 1. The molecule has 0 spiro atoms. The summed E-state index contributed by atoms with van der Waals surface area (Å²) in [6.45, 7) is 7.18. The minimum absolute atomic E-state index is 0.143. The Morgan fingerprint density at radius 1 is 1.25 bits per heavy atom. The zero-order valence-electron chi connectivity index (χ0n) is 17.4. The smallest absolute Gasteiger partial charge is 0.303 e. The second-order valence-electron chi connectivity index (χ2n) is 10.9. The van der Waals surface area contributed by atoms with E-state index < -0.39 is 5.97 Å². The van der Waals surface area contributed by atoms with E-state index in [0.29, 0.717) is 54.0 Å². The number of carbonyl (C=O) groups is 2. The van der Waals surface area contributed by atoms with Crippen LogP contribution in [0.2, 0.25) is 0 Å². The van der Waals surface area contributed by atoms with Crippen LogP contribution in [-0.4, -0.2) is 29.1 Å². The Balaban J connectivity index is 1.42. The third kappa shape index (κ3) is 2.52. The third-order valence-electron chi connectivity index (χ3n) is 9.80. The number of rotatable bonds is 4. The van der Waals surface area contributed by atoms with Gasteiger partial charge in [-0.2, -0.15) is 0 Å². The molecule has 9 atom stereocenters. The van der Waals surface area contributed by atoms with Gasteiger partial charge in [-0.3, -0.25) is 9.59 Å². The quantitative estimate of drug-likeness (QED) is 0.716. The summed E-state index contributed by atoms with van der Waals surface area (Å²) >= 11 is 0. The van der Waals surface area contributed by atoms with E-state index >= 15 is 0 Å². The van der Waals surface area contributed by atoms with Gasteiger partial charge in [0.1, 0.15) is 6.10 Å². The van der Waals surface area contributed by atoms with Crippen molar-refractivity contribution in [2.24, 2.45) is 40.4 Å². The number of ether oxygens (including phenoxy) is 1. The molecule has 1 unspecified atom stereocenters. The molecule has 4 heteroatoms. The summed E-state index contributed by atoms with van der Waals surface area (Å²) in [5.74, 6) is 2.67. The molecule has 4 nitrogen and oxygen atoms in total. The lowest BCUT2D eigenvalue weighted by Crippen LogP contribution is -2.53. The van der Waals surface area contributed by atoms with E-state index in [1.54, 1.807) is 0 Å². The van der Waals surface area contributed by atoms with E-state index in [1.165, 1.54) is 31.3 Å². The van der Waals surface area contributed by atoms with Gasteiger partial charge in [0.05, 0.1) is 6.10 Å². The van der Waals surface area contributed by atoms with Crippen molar-refractivity contribution in [1.29, 1.82) is 0 Å². The van der Waals surface area contributed by atoms with Crippen molar-refractivity contribution in [3.63, 3.8) is 0 Å². The molecular weight excluding hydrogens is 352 g/mol. The van der Waals surface area contributed by atoms with Crippen LogP contribution in [0.25, 0.3) is 0 Å². The van der Waals surface area contributed by atoms with Crippen LogP contribution in [0.5, 0.6) is 0 Å². The molecule has 3 saturated carbocycles. The largest absolute Gasteiger partial charge is 0.481 e. The number of aliphatic carboxylic acids is 1. The molecule has 1 saturated heterocycles. The second-order valence-corrected chi connectivity index (χ2v) is 10.9. The summed E-state index contributed by atoms with van der Waals surface area (Å²) in [6, 6.07) is 0. The first kappa shape index (κ1) is 18.8. The first-order valence-electron chi connectivity index (χ1n) is 11.4. The standard InChI is InChI=1S/C24H34O4/c1-13(4-7-19(26)27)15-5-6-16-20-17(9-11-23(15,16)2)24(3)10-8-14(25)12-18(24)21-22(20)28-21/h12-13,15-17,20-22H,4-11H2,1-3H3,(H,26,27)/t13?,15-,16+,17+,20+,21-,22+,23-,24-/m1/s1. The van der Waals surface area contributed by atoms with Crippen molar-refractivity contribution >= 4 is 11.8 Å². The van der Waals surface area contributed by atoms with Gasteiger partial charge in [0.15, 0.2) is 5.78 Å². The van der Waals surface area contributed by atoms with E-state index in [9.17, 15) is 9.59 Å². The number of carbonyl (C=O) groups excluding carboxylic acids is 1. The van der Waals surface area contributed by atoms with Crippen LogP contribution in [0.3, 0.4) is 0 Å². The van der Waals surface area contributed by atoms with Gasteiger partial charge in [0.2, 0.25) is 0 Å². The lowest BCUT2D eigenvalue weighted by atomic mass is 9.46. The second kappa shape index (κ2) is 6.17. The zero-order chi connectivity index (χ0) is 19.8.